The van der Waals surface area contributed by atoms with E-state index < -0.39 is 9.84 Å². The number of ether oxygens (including phenoxy) is 1. The Morgan fingerprint density at radius 2 is 2.07 bits per heavy atom. The summed E-state index contributed by atoms with van der Waals surface area (Å²) in [7, 11) is -1.80. The van der Waals surface area contributed by atoms with Crippen LogP contribution in [0.25, 0.3) is 6.08 Å². The maximum Gasteiger partial charge on any atom is 0.205 e. The van der Waals surface area contributed by atoms with Gasteiger partial charge in [0.25, 0.3) is 0 Å². The average Bonchev–Trinajstić information content (AvgIpc) is 2.43. The van der Waals surface area contributed by atoms with Crippen molar-refractivity contribution in [2.75, 3.05) is 13.7 Å². The topological polar surface area (TPSA) is 43.4 Å². The first-order valence-electron chi connectivity index (χ1n) is 4.61. The van der Waals surface area contributed by atoms with E-state index >= 15 is 0 Å². The first kappa shape index (κ1) is 10.4. The lowest BCUT2D eigenvalue weighted by Gasteiger charge is -2.02. The Kier molecular flexibility index (Phi) is 2.40. The Hall–Kier alpha value is -1.13. The van der Waals surface area contributed by atoms with Crippen molar-refractivity contribution >= 4 is 15.9 Å². The molecule has 0 spiro atoms. The Morgan fingerprint density at radius 1 is 1.33 bits per heavy atom. The third-order valence-corrected chi connectivity index (χ3v) is 4.37. The van der Waals surface area contributed by atoms with Gasteiger partial charge in [-0.2, -0.15) is 0 Å². The van der Waals surface area contributed by atoms with E-state index in [1.165, 1.54) is 7.11 Å². The van der Waals surface area contributed by atoms with Crippen molar-refractivity contribution in [3.05, 3.63) is 34.2 Å². The van der Waals surface area contributed by atoms with Crippen LogP contribution in [0.1, 0.15) is 11.1 Å². The molecule has 80 valence electrons. The molecule has 1 aromatic rings. The van der Waals surface area contributed by atoms with E-state index in [1.54, 1.807) is 18.2 Å². The van der Waals surface area contributed by atoms with Crippen molar-refractivity contribution < 1.29 is 13.2 Å². The van der Waals surface area contributed by atoms with Gasteiger partial charge in [-0.1, -0.05) is 12.1 Å². The largest absolute Gasteiger partial charge is 0.379 e. The van der Waals surface area contributed by atoms with Crippen molar-refractivity contribution in [3.8, 4) is 0 Å². The molecule has 1 aliphatic heterocycles. The zero-order chi connectivity index (χ0) is 11.1. The minimum absolute atomic E-state index is 0.135. The van der Waals surface area contributed by atoms with E-state index in [4.69, 9.17) is 4.74 Å². The van der Waals surface area contributed by atoms with Crippen LogP contribution in [0, 0.1) is 6.92 Å². The predicted octanol–water partition coefficient (Wildman–Crippen LogP) is 1.77. The number of hydrogen-bond donors (Lipinski definition) is 0. The molecule has 0 saturated heterocycles. The van der Waals surface area contributed by atoms with Gasteiger partial charge in [0.1, 0.15) is 0 Å². The number of benzene rings is 1. The van der Waals surface area contributed by atoms with Gasteiger partial charge in [0.2, 0.25) is 9.84 Å². The molecular formula is C11H12O3S. The lowest BCUT2D eigenvalue weighted by molar-refractivity contribution is 0.231. The Bertz CT molecular complexity index is 527. The molecule has 1 heterocycles. The number of hydrogen-bond acceptors (Lipinski definition) is 3. The van der Waals surface area contributed by atoms with Crippen LogP contribution < -0.4 is 0 Å². The Balaban J connectivity index is 2.64. The van der Waals surface area contributed by atoms with Gasteiger partial charge in [-0.25, -0.2) is 8.42 Å². The number of methoxy groups -OCH3 is 1. The SMILES string of the molecule is COCC1=Cc2c(C)cccc2S1(=O)=O. The summed E-state index contributed by atoms with van der Waals surface area (Å²) in [5, 5.41) is 0. The highest BCUT2D eigenvalue weighted by atomic mass is 32.2. The molecule has 0 aromatic heterocycles. The third kappa shape index (κ3) is 1.50. The van der Waals surface area contributed by atoms with Crippen LogP contribution in [0.15, 0.2) is 28.0 Å². The molecule has 0 radical (unpaired) electrons. The molecule has 2 rings (SSSR count). The van der Waals surface area contributed by atoms with Gasteiger partial charge in [0, 0.05) is 7.11 Å². The molecule has 0 atom stereocenters. The third-order valence-electron chi connectivity index (χ3n) is 2.51. The van der Waals surface area contributed by atoms with Crippen LogP contribution in [-0.2, 0) is 14.6 Å². The fourth-order valence-electron chi connectivity index (χ4n) is 1.71. The van der Waals surface area contributed by atoms with Gasteiger partial charge in [0.15, 0.2) is 0 Å². The molecule has 0 N–H and O–H groups in total. The molecule has 0 unspecified atom stereocenters. The zero-order valence-electron chi connectivity index (χ0n) is 8.65. The fourth-order valence-corrected chi connectivity index (χ4v) is 3.31. The first-order chi connectivity index (χ1) is 7.07. The number of aryl methyl sites for hydroxylation is 1. The van der Waals surface area contributed by atoms with Crippen molar-refractivity contribution in [3.63, 3.8) is 0 Å². The van der Waals surface area contributed by atoms with Crippen molar-refractivity contribution in [2.45, 2.75) is 11.8 Å². The van der Waals surface area contributed by atoms with Crippen molar-refractivity contribution in [2.24, 2.45) is 0 Å². The monoisotopic (exact) mass is 224 g/mol. The summed E-state index contributed by atoms with van der Waals surface area (Å²) in [5.74, 6) is 0. The zero-order valence-corrected chi connectivity index (χ0v) is 9.47. The van der Waals surface area contributed by atoms with E-state index in [0.717, 1.165) is 11.1 Å². The Morgan fingerprint density at radius 3 is 2.67 bits per heavy atom. The van der Waals surface area contributed by atoms with Crippen LogP contribution in [0.3, 0.4) is 0 Å². The fraction of sp³-hybridized carbons (Fsp3) is 0.273. The van der Waals surface area contributed by atoms with Crippen LogP contribution >= 0.6 is 0 Å². The minimum atomic E-state index is -3.29. The van der Waals surface area contributed by atoms with Gasteiger partial charge >= 0.3 is 0 Å². The van der Waals surface area contributed by atoms with Crippen LogP contribution in [0.4, 0.5) is 0 Å². The molecular weight excluding hydrogens is 212 g/mol. The van der Waals surface area contributed by atoms with Gasteiger partial charge in [-0.15, -0.1) is 0 Å². The summed E-state index contributed by atoms with van der Waals surface area (Å²) in [6.07, 6.45) is 1.70. The van der Waals surface area contributed by atoms with E-state index in [2.05, 4.69) is 0 Å². The van der Waals surface area contributed by atoms with E-state index in [0.29, 0.717) is 9.80 Å². The van der Waals surface area contributed by atoms with Gasteiger partial charge in [0.05, 0.1) is 16.4 Å². The summed E-state index contributed by atoms with van der Waals surface area (Å²) in [4.78, 5) is 0.740. The molecule has 1 aliphatic rings. The molecule has 0 fully saturated rings. The maximum absolute atomic E-state index is 12.0. The standard InChI is InChI=1S/C11H12O3S/c1-8-4-3-5-11-10(8)6-9(7-14-2)15(11,12)13/h3-6H,7H2,1-2H3. The predicted molar refractivity (Wildman–Crippen MR) is 58.2 cm³/mol. The maximum atomic E-state index is 12.0. The lowest BCUT2D eigenvalue weighted by Crippen LogP contribution is -2.05. The van der Waals surface area contributed by atoms with Crippen LogP contribution in [0.5, 0.6) is 0 Å². The second-order valence-corrected chi connectivity index (χ2v) is 5.50. The second kappa shape index (κ2) is 3.47. The average molecular weight is 224 g/mol. The minimum Gasteiger partial charge on any atom is -0.379 e. The quantitative estimate of drug-likeness (QED) is 0.769. The van der Waals surface area contributed by atoms with Crippen molar-refractivity contribution in [1.29, 1.82) is 0 Å². The van der Waals surface area contributed by atoms with E-state index in [1.807, 2.05) is 13.0 Å². The number of rotatable bonds is 2. The normalized spacial score (nSPS) is 17.3. The van der Waals surface area contributed by atoms with Crippen LogP contribution in [-0.4, -0.2) is 22.1 Å². The summed E-state index contributed by atoms with van der Waals surface area (Å²) in [5.41, 5.74) is 1.77. The summed E-state index contributed by atoms with van der Waals surface area (Å²) < 4.78 is 28.8. The molecule has 0 saturated carbocycles. The Labute approximate surface area is 89.3 Å². The summed E-state index contributed by atoms with van der Waals surface area (Å²) in [6, 6.07) is 5.30. The molecule has 0 aliphatic carbocycles. The molecule has 15 heavy (non-hydrogen) atoms. The molecule has 4 heteroatoms. The van der Waals surface area contributed by atoms with Gasteiger partial charge < -0.3 is 4.74 Å². The number of sulfone groups is 1. The first-order valence-corrected chi connectivity index (χ1v) is 6.10. The summed E-state index contributed by atoms with van der Waals surface area (Å²) in [6.45, 7) is 2.04. The lowest BCUT2D eigenvalue weighted by atomic mass is 10.1. The van der Waals surface area contributed by atoms with E-state index in [-0.39, 0.29) is 6.61 Å². The molecule has 0 bridgehead atoms. The second-order valence-electron chi connectivity index (χ2n) is 3.53. The van der Waals surface area contributed by atoms with Gasteiger partial charge in [-0.05, 0) is 30.2 Å². The molecule has 3 nitrogen and oxygen atoms in total. The highest BCUT2D eigenvalue weighted by Crippen LogP contribution is 2.34. The van der Waals surface area contributed by atoms with E-state index in [9.17, 15) is 8.42 Å². The molecule has 1 aromatic carbocycles. The van der Waals surface area contributed by atoms with Gasteiger partial charge in [-0.3, -0.25) is 0 Å². The summed E-state index contributed by atoms with van der Waals surface area (Å²) >= 11 is 0. The molecule has 0 amide bonds. The number of fused-ring (bicyclic) bond motifs is 1. The smallest absolute Gasteiger partial charge is 0.205 e. The highest BCUT2D eigenvalue weighted by Gasteiger charge is 2.29. The highest BCUT2D eigenvalue weighted by molar-refractivity contribution is 7.95. The van der Waals surface area contributed by atoms with Crippen LogP contribution in [0.2, 0.25) is 0 Å². The van der Waals surface area contributed by atoms with Crippen molar-refractivity contribution in [1.82, 2.24) is 0 Å².